The summed E-state index contributed by atoms with van der Waals surface area (Å²) in [6, 6.07) is 6.66. The highest BCUT2D eigenvalue weighted by Crippen LogP contribution is 2.29. The molecule has 4 nitrogen and oxygen atoms in total. The third kappa shape index (κ3) is 5.83. The number of carbonyl (C=O) groups excluding carboxylic acids is 1. The zero-order chi connectivity index (χ0) is 18.7. The first-order chi connectivity index (χ1) is 12.5. The van der Waals surface area contributed by atoms with Gasteiger partial charge in [0, 0.05) is 60.5 Å². The first-order valence-corrected chi connectivity index (χ1v) is 9.70. The fourth-order valence-electron chi connectivity index (χ4n) is 3.43. The molecule has 1 aromatic carbocycles. The van der Waals surface area contributed by atoms with Crippen molar-refractivity contribution in [2.24, 2.45) is 0 Å². The van der Waals surface area contributed by atoms with Gasteiger partial charge in [-0.15, -0.1) is 36.2 Å². The molecule has 0 N–H and O–H groups in total. The molecular formula is C20H27Cl2FN2O2S. The van der Waals surface area contributed by atoms with Gasteiger partial charge in [0.25, 0.3) is 0 Å². The highest BCUT2D eigenvalue weighted by atomic mass is 35.5. The van der Waals surface area contributed by atoms with Gasteiger partial charge < -0.3 is 9.64 Å². The maximum absolute atomic E-state index is 13.4. The van der Waals surface area contributed by atoms with E-state index in [9.17, 15) is 9.18 Å². The van der Waals surface area contributed by atoms with Crippen LogP contribution in [0.3, 0.4) is 0 Å². The number of Topliss-reactive ketones (excluding diaryl/α,β-unsaturated/α-hetero) is 1. The zero-order valence-electron chi connectivity index (χ0n) is 16.4. The molecule has 0 bridgehead atoms. The molecule has 0 amide bonds. The fraction of sp³-hybridized carbons (Fsp3) is 0.450. The molecule has 2 aromatic rings. The molecule has 0 spiro atoms. The SMILES string of the molecule is COc1cc(F)ccc1N1CCN(CCC(=O)c2cc(C)sc2C)CC1.Cl.Cl. The quantitative estimate of drug-likeness (QED) is 0.596. The highest BCUT2D eigenvalue weighted by molar-refractivity contribution is 7.12. The maximum Gasteiger partial charge on any atom is 0.165 e. The zero-order valence-corrected chi connectivity index (χ0v) is 18.8. The molecule has 156 valence electrons. The number of aryl methyl sites for hydroxylation is 2. The summed E-state index contributed by atoms with van der Waals surface area (Å²) in [4.78, 5) is 19.3. The minimum atomic E-state index is -0.290. The first kappa shape index (κ1) is 24.7. The van der Waals surface area contributed by atoms with Crippen LogP contribution in [-0.4, -0.2) is 50.5 Å². The van der Waals surface area contributed by atoms with Crippen molar-refractivity contribution in [3.63, 3.8) is 0 Å². The highest BCUT2D eigenvalue weighted by Gasteiger charge is 2.21. The molecule has 1 aliphatic rings. The Balaban J connectivity index is 0.00000196. The minimum absolute atomic E-state index is 0. The number of rotatable bonds is 6. The molecule has 1 saturated heterocycles. The molecule has 2 heterocycles. The van der Waals surface area contributed by atoms with Crippen LogP contribution in [0, 0.1) is 19.7 Å². The minimum Gasteiger partial charge on any atom is -0.494 e. The molecule has 0 saturated carbocycles. The Morgan fingerprint density at radius 2 is 1.82 bits per heavy atom. The van der Waals surface area contributed by atoms with Crippen LogP contribution in [0.2, 0.25) is 0 Å². The standard InChI is InChI=1S/C20H25FN2O2S.2ClH/c1-14-12-17(15(2)26-14)19(24)6-7-22-8-10-23(11-9-22)18-5-4-16(21)13-20(18)25-3;;/h4-5,12-13H,6-11H2,1-3H3;2*1H. The van der Waals surface area contributed by atoms with Crippen LogP contribution >= 0.6 is 36.2 Å². The Kier molecular flexibility index (Phi) is 9.70. The van der Waals surface area contributed by atoms with E-state index >= 15 is 0 Å². The molecule has 8 heteroatoms. The van der Waals surface area contributed by atoms with E-state index in [1.165, 1.54) is 17.0 Å². The number of methoxy groups -OCH3 is 1. The van der Waals surface area contributed by atoms with E-state index in [0.717, 1.165) is 48.9 Å². The first-order valence-electron chi connectivity index (χ1n) is 8.89. The molecule has 3 rings (SSSR count). The fourth-order valence-corrected chi connectivity index (χ4v) is 4.37. The van der Waals surface area contributed by atoms with E-state index in [1.807, 2.05) is 19.9 Å². The van der Waals surface area contributed by atoms with Gasteiger partial charge in [-0.1, -0.05) is 0 Å². The van der Waals surface area contributed by atoms with Crippen molar-refractivity contribution in [2.45, 2.75) is 20.3 Å². The van der Waals surface area contributed by atoms with E-state index in [-0.39, 0.29) is 36.4 Å². The van der Waals surface area contributed by atoms with Gasteiger partial charge in [0.2, 0.25) is 0 Å². The molecule has 0 aliphatic carbocycles. The lowest BCUT2D eigenvalue weighted by Crippen LogP contribution is -2.47. The summed E-state index contributed by atoms with van der Waals surface area (Å²) in [5, 5.41) is 0. The van der Waals surface area contributed by atoms with E-state index in [2.05, 4.69) is 9.80 Å². The van der Waals surface area contributed by atoms with E-state index in [0.29, 0.717) is 12.2 Å². The number of thiophene rings is 1. The van der Waals surface area contributed by atoms with Crippen molar-refractivity contribution in [3.05, 3.63) is 45.4 Å². The lowest BCUT2D eigenvalue weighted by Gasteiger charge is -2.36. The Morgan fingerprint density at radius 1 is 1.14 bits per heavy atom. The van der Waals surface area contributed by atoms with Crippen molar-refractivity contribution in [1.29, 1.82) is 0 Å². The largest absolute Gasteiger partial charge is 0.494 e. The second-order valence-electron chi connectivity index (χ2n) is 6.64. The monoisotopic (exact) mass is 448 g/mol. The number of ether oxygens (including phenoxy) is 1. The number of ketones is 1. The number of carbonyl (C=O) groups is 1. The van der Waals surface area contributed by atoms with E-state index < -0.39 is 0 Å². The van der Waals surface area contributed by atoms with Crippen LogP contribution in [0.4, 0.5) is 10.1 Å². The van der Waals surface area contributed by atoms with Crippen molar-refractivity contribution in [1.82, 2.24) is 4.90 Å². The van der Waals surface area contributed by atoms with Crippen molar-refractivity contribution >= 4 is 47.6 Å². The van der Waals surface area contributed by atoms with Crippen LogP contribution in [0.15, 0.2) is 24.3 Å². The number of hydrogen-bond acceptors (Lipinski definition) is 5. The van der Waals surface area contributed by atoms with Crippen molar-refractivity contribution in [3.8, 4) is 5.75 Å². The second-order valence-corrected chi connectivity index (χ2v) is 8.11. The van der Waals surface area contributed by atoms with E-state index in [4.69, 9.17) is 4.74 Å². The smallest absolute Gasteiger partial charge is 0.165 e. The Bertz CT molecular complexity index is 793. The molecule has 0 atom stereocenters. The summed E-state index contributed by atoms with van der Waals surface area (Å²) < 4.78 is 18.7. The molecule has 0 unspecified atom stereocenters. The van der Waals surface area contributed by atoms with Crippen LogP contribution in [0.25, 0.3) is 0 Å². The van der Waals surface area contributed by atoms with Gasteiger partial charge in [0.05, 0.1) is 12.8 Å². The van der Waals surface area contributed by atoms with Gasteiger partial charge in [0.15, 0.2) is 5.78 Å². The topological polar surface area (TPSA) is 32.8 Å². The second kappa shape index (κ2) is 11.0. The predicted molar refractivity (Wildman–Crippen MR) is 119 cm³/mol. The number of halogens is 3. The number of benzene rings is 1. The molecule has 1 aromatic heterocycles. The summed E-state index contributed by atoms with van der Waals surface area (Å²) in [5.74, 6) is 0.508. The number of anilines is 1. The van der Waals surface area contributed by atoms with Crippen LogP contribution in [0.5, 0.6) is 5.75 Å². The van der Waals surface area contributed by atoms with Gasteiger partial charge in [-0.2, -0.15) is 0 Å². The van der Waals surface area contributed by atoms with Crippen LogP contribution < -0.4 is 9.64 Å². The lowest BCUT2D eigenvalue weighted by molar-refractivity contribution is 0.0962. The summed E-state index contributed by atoms with van der Waals surface area (Å²) in [5.41, 5.74) is 1.80. The maximum atomic E-state index is 13.4. The molecule has 1 fully saturated rings. The summed E-state index contributed by atoms with van der Waals surface area (Å²) in [6.45, 7) is 8.28. The van der Waals surface area contributed by atoms with Crippen LogP contribution in [0.1, 0.15) is 26.5 Å². The number of nitrogens with zero attached hydrogens (tertiary/aromatic N) is 2. The molecular weight excluding hydrogens is 422 g/mol. The predicted octanol–water partition coefficient (Wildman–Crippen LogP) is 4.75. The molecule has 0 radical (unpaired) electrons. The Hall–Kier alpha value is -1.34. The normalized spacial score (nSPS) is 14.2. The lowest BCUT2D eigenvalue weighted by atomic mass is 10.1. The van der Waals surface area contributed by atoms with Gasteiger partial charge in [-0.3, -0.25) is 9.69 Å². The van der Waals surface area contributed by atoms with E-state index in [1.54, 1.807) is 24.5 Å². The summed E-state index contributed by atoms with van der Waals surface area (Å²) in [7, 11) is 1.56. The van der Waals surface area contributed by atoms with Gasteiger partial charge in [-0.25, -0.2) is 4.39 Å². The summed E-state index contributed by atoms with van der Waals surface area (Å²) >= 11 is 1.68. The average Bonchev–Trinajstić information content (AvgIpc) is 2.98. The van der Waals surface area contributed by atoms with Crippen molar-refractivity contribution in [2.75, 3.05) is 44.7 Å². The molecule has 28 heavy (non-hydrogen) atoms. The molecule has 1 aliphatic heterocycles. The van der Waals surface area contributed by atoms with Crippen LogP contribution in [-0.2, 0) is 0 Å². The van der Waals surface area contributed by atoms with Crippen molar-refractivity contribution < 1.29 is 13.9 Å². The van der Waals surface area contributed by atoms with Gasteiger partial charge in [-0.05, 0) is 32.0 Å². The third-order valence-electron chi connectivity index (χ3n) is 4.85. The summed E-state index contributed by atoms with van der Waals surface area (Å²) in [6.07, 6.45) is 0.552. The number of hydrogen-bond donors (Lipinski definition) is 0. The third-order valence-corrected chi connectivity index (χ3v) is 5.82. The Labute approximate surface area is 182 Å². The average molecular weight is 449 g/mol. The number of piperazine rings is 1. The Morgan fingerprint density at radius 3 is 2.39 bits per heavy atom. The van der Waals surface area contributed by atoms with Gasteiger partial charge in [0.1, 0.15) is 11.6 Å². The van der Waals surface area contributed by atoms with Gasteiger partial charge >= 0.3 is 0 Å².